The first-order valence-corrected chi connectivity index (χ1v) is 9.61. The molecule has 3 aromatic rings. The molecule has 4 heteroatoms. The second-order valence-electron chi connectivity index (χ2n) is 6.45. The summed E-state index contributed by atoms with van der Waals surface area (Å²) in [5, 5.41) is 4.39. The van der Waals surface area contributed by atoms with Crippen LogP contribution >= 0.6 is 11.3 Å². The van der Waals surface area contributed by atoms with Gasteiger partial charge in [-0.05, 0) is 53.6 Å². The van der Waals surface area contributed by atoms with Crippen LogP contribution in [0.25, 0.3) is 10.8 Å². The van der Waals surface area contributed by atoms with Gasteiger partial charge in [-0.3, -0.25) is 4.79 Å². The van der Waals surface area contributed by atoms with E-state index in [1.54, 1.807) is 11.3 Å². The number of thiophene rings is 1. The van der Waals surface area contributed by atoms with E-state index in [0.717, 1.165) is 36.9 Å². The molecule has 0 saturated heterocycles. The Bertz CT molecular complexity index is 855. The van der Waals surface area contributed by atoms with Gasteiger partial charge in [0.15, 0.2) is 6.61 Å². The first-order valence-electron chi connectivity index (χ1n) is 8.73. The quantitative estimate of drug-likeness (QED) is 0.627. The molecule has 0 atom stereocenters. The minimum atomic E-state index is 0.0900. The molecule has 25 heavy (non-hydrogen) atoms. The third-order valence-corrected chi connectivity index (χ3v) is 5.51. The standard InChI is InChI=1S/C21H21NO2S/c23-21(22(18-8-9-18)12-11-20-6-3-13-25-20)15-24-19-10-7-16-4-1-2-5-17(16)14-19/h1-7,10,13-14,18H,8-9,11-12,15H2. The maximum atomic E-state index is 12.6. The maximum Gasteiger partial charge on any atom is 0.260 e. The summed E-state index contributed by atoms with van der Waals surface area (Å²) < 4.78 is 5.78. The van der Waals surface area contributed by atoms with E-state index in [1.807, 2.05) is 35.2 Å². The minimum Gasteiger partial charge on any atom is -0.484 e. The molecule has 0 bridgehead atoms. The van der Waals surface area contributed by atoms with E-state index >= 15 is 0 Å². The van der Waals surface area contributed by atoms with Crippen molar-refractivity contribution >= 4 is 28.0 Å². The van der Waals surface area contributed by atoms with Gasteiger partial charge in [-0.15, -0.1) is 11.3 Å². The van der Waals surface area contributed by atoms with Crippen LogP contribution in [0.3, 0.4) is 0 Å². The van der Waals surface area contributed by atoms with Crippen LogP contribution in [0.1, 0.15) is 17.7 Å². The summed E-state index contributed by atoms with van der Waals surface area (Å²) in [6.07, 6.45) is 3.16. The van der Waals surface area contributed by atoms with Crippen LogP contribution in [0.2, 0.25) is 0 Å². The smallest absolute Gasteiger partial charge is 0.260 e. The fourth-order valence-corrected chi connectivity index (χ4v) is 3.77. The second-order valence-corrected chi connectivity index (χ2v) is 7.48. The van der Waals surface area contributed by atoms with Gasteiger partial charge in [0.25, 0.3) is 5.91 Å². The summed E-state index contributed by atoms with van der Waals surface area (Å²) in [7, 11) is 0. The lowest BCUT2D eigenvalue weighted by atomic mass is 10.1. The molecule has 1 saturated carbocycles. The molecule has 1 heterocycles. The number of fused-ring (bicyclic) bond motifs is 1. The molecule has 4 rings (SSSR count). The van der Waals surface area contributed by atoms with Gasteiger partial charge in [0.2, 0.25) is 0 Å². The Morgan fingerprint density at radius 1 is 1.08 bits per heavy atom. The molecule has 1 fully saturated rings. The average Bonchev–Trinajstić information content (AvgIpc) is 3.34. The van der Waals surface area contributed by atoms with Crippen LogP contribution in [-0.4, -0.2) is 30.0 Å². The number of rotatable bonds is 7. The van der Waals surface area contributed by atoms with Gasteiger partial charge in [0.1, 0.15) is 5.75 Å². The number of benzene rings is 2. The molecular weight excluding hydrogens is 330 g/mol. The van der Waals surface area contributed by atoms with Gasteiger partial charge in [0, 0.05) is 17.5 Å². The molecule has 1 aliphatic carbocycles. The van der Waals surface area contributed by atoms with E-state index in [4.69, 9.17) is 4.74 Å². The Balaban J connectivity index is 1.37. The summed E-state index contributed by atoms with van der Waals surface area (Å²) in [6, 6.07) is 18.7. The normalized spacial score (nSPS) is 13.8. The zero-order valence-corrected chi connectivity index (χ0v) is 14.9. The predicted octanol–water partition coefficient (Wildman–Crippen LogP) is 4.51. The van der Waals surface area contributed by atoms with Crippen molar-refractivity contribution in [3.63, 3.8) is 0 Å². The van der Waals surface area contributed by atoms with Crippen molar-refractivity contribution in [2.24, 2.45) is 0 Å². The lowest BCUT2D eigenvalue weighted by molar-refractivity contribution is -0.133. The van der Waals surface area contributed by atoms with E-state index < -0.39 is 0 Å². The molecule has 1 aromatic heterocycles. The second kappa shape index (κ2) is 7.28. The zero-order valence-electron chi connectivity index (χ0n) is 14.1. The largest absolute Gasteiger partial charge is 0.484 e. The fraction of sp³-hybridized carbons (Fsp3) is 0.286. The summed E-state index contributed by atoms with van der Waals surface area (Å²) >= 11 is 1.75. The highest BCUT2D eigenvalue weighted by Gasteiger charge is 2.32. The maximum absolute atomic E-state index is 12.6. The Kier molecular flexibility index (Phi) is 4.70. The van der Waals surface area contributed by atoms with Crippen LogP contribution in [0.15, 0.2) is 60.0 Å². The lowest BCUT2D eigenvalue weighted by Gasteiger charge is -2.22. The molecule has 1 aliphatic rings. The van der Waals surface area contributed by atoms with Crippen LogP contribution in [0.5, 0.6) is 5.75 Å². The van der Waals surface area contributed by atoms with E-state index in [-0.39, 0.29) is 12.5 Å². The highest BCUT2D eigenvalue weighted by atomic mass is 32.1. The summed E-state index contributed by atoms with van der Waals surface area (Å²) in [4.78, 5) is 16.0. The molecule has 0 spiro atoms. The molecule has 0 N–H and O–H groups in total. The van der Waals surface area contributed by atoms with Crippen LogP contribution < -0.4 is 4.74 Å². The number of carbonyl (C=O) groups excluding carboxylic acids is 1. The van der Waals surface area contributed by atoms with Crippen molar-refractivity contribution < 1.29 is 9.53 Å². The number of nitrogens with zero attached hydrogens (tertiary/aromatic N) is 1. The van der Waals surface area contributed by atoms with Gasteiger partial charge >= 0.3 is 0 Å². The van der Waals surface area contributed by atoms with Crippen molar-refractivity contribution in [3.05, 3.63) is 64.9 Å². The number of ether oxygens (including phenoxy) is 1. The molecule has 0 aliphatic heterocycles. The third-order valence-electron chi connectivity index (χ3n) is 4.57. The Hall–Kier alpha value is -2.33. The molecule has 128 valence electrons. The predicted molar refractivity (Wildman–Crippen MR) is 102 cm³/mol. The minimum absolute atomic E-state index is 0.0900. The van der Waals surface area contributed by atoms with Crippen LogP contribution in [-0.2, 0) is 11.2 Å². The number of hydrogen-bond donors (Lipinski definition) is 0. The van der Waals surface area contributed by atoms with Gasteiger partial charge in [-0.2, -0.15) is 0 Å². The summed E-state index contributed by atoms with van der Waals surface area (Å²) in [5.41, 5.74) is 0. The lowest BCUT2D eigenvalue weighted by Crippen LogP contribution is -2.38. The van der Waals surface area contributed by atoms with Gasteiger partial charge in [-0.25, -0.2) is 0 Å². The average molecular weight is 351 g/mol. The van der Waals surface area contributed by atoms with Crippen LogP contribution in [0, 0.1) is 0 Å². The summed E-state index contributed by atoms with van der Waals surface area (Å²) in [6.45, 7) is 0.893. The van der Waals surface area contributed by atoms with Crippen molar-refractivity contribution in [2.45, 2.75) is 25.3 Å². The van der Waals surface area contributed by atoms with E-state index in [0.29, 0.717) is 6.04 Å². The van der Waals surface area contributed by atoms with Gasteiger partial charge < -0.3 is 9.64 Å². The van der Waals surface area contributed by atoms with E-state index in [9.17, 15) is 4.79 Å². The van der Waals surface area contributed by atoms with Gasteiger partial charge in [0.05, 0.1) is 0 Å². The third kappa shape index (κ3) is 4.02. The number of carbonyl (C=O) groups is 1. The first-order chi connectivity index (χ1) is 12.3. The Labute approximate surface area is 151 Å². The SMILES string of the molecule is O=C(COc1ccc2ccccc2c1)N(CCc1cccs1)C1CC1. The Morgan fingerprint density at radius 3 is 2.68 bits per heavy atom. The molecule has 0 radical (unpaired) electrons. The summed E-state index contributed by atoms with van der Waals surface area (Å²) in [5.74, 6) is 0.841. The number of amides is 1. The van der Waals surface area contributed by atoms with Gasteiger partial charge in [-0.1, -0.05) is 36.4 Å². The molecule has 3 nitrogen and oxygen atoms in total. The Morgan fingerprint density at radius 2 is 1.92 bits per heavy atom. The molecule has 2 aromatic carbocycles. The monoisotopic (exact) mass is 351 g/mol. The van der Waals surface area contributed by atoms with Crippen LogP contribution in [0.4, 0.5) is 0 Å². The first kappa shape index (κ1) is 16.2. The van der Waals surface area contributed by atoms with E-state index in [2.05, 4.69) is 29.6 Å². The van der Waals surface area contributed by atoms with E-state index in [1.165, 1.54) is 10.3 Å². The topological polar surface area (TPSA) is 29.5 Å². The highest BCUT2D eigenvalue weighted by Crippen LogP contribution is 2.28. The van der Waals surface area contributed by atoms with Crippen molar-refractivity contribution in [1.29, 1.82) is 0 Å². The number of hydrogen-bond acceptors (Lipinski definition) is 3. The molecule has 1 amide bonds. The van der Waals surface area contributed by atoms with Crippen molar-refractivity contribution in [2.75, 3.05) is 13.2 Å². The zero-order chi connectivity index (χ0) is 17.1. The van der Waals surface area contributed by atoms with Crippen molar-refractivity contribution in [1.82, 2.24) is 4.90 Å². The molecular formula is C21H21NO2S. The molecule has 0 unspecified atom stereocenters. The fourth-order valence-electron chi connectivity index (χ4n) is 3.07. The highest BCUT2D eigenvalue weighted by molar-refractivity contribution is 7.09. The van der Waals surface area contributed by atoms with Crippen molar-refractivity contribution in [3.8, 4) is 5.75 Å².